The second-order valence-corrected chi connectivity index (χ2v) is 6.97. The Morgan fingerprint density at radius 3 is 2.78 bits per heavy atom. The molecule has 0 radical (unpaired) electrons. The van der Waals surface area contributed by atoms with Gasteiger partial charge in [-0.25, -0.2) is 4.99 Å². The van der Waals surface area contributed by atoms with Gasteiger partial charge < -0.3 is 20.0 Å². The molecule has 1 aliphatic heterocycles. The summed E-state index contributed by atoms with van der Waals surface area (Å²) in [6.45, 7) is 7.91. The lowest BCUT2D eigenvalue weighted by Gasteiger charge is -2.33. The molecule has 1 saturated heterocycles. The minimum Gasteiger partial charge on any atom is -0.459 e. The zero-order valence-corrected chi connectivity index (χ0v) is 16.1. The van der Waals surface area contributed by atoms with Crippen LogP contribution in [0.2, 0.25) is 0 Å². The van der Waals surface area contributed by atoms with Crippen molar-refractivity contribution >= 4 is 17.6 Å². The van der Waals surface area contributed by atoms with Crippen LogP contribution in [0.5, 0.6) is 0 Å². The Bertz CT molecular complexity index is 762. The molecule has 0 aliphatic carbocycles. The van der Waals surface area contributed by atoms with Crippen LogP contribution in [0.25, 0.3) is 0 Å². The molecule has 0 spiro atoms. The molecule has 1 aliphatic rings. The maximum Gasteiger partial charge on any atom is 0.291 e. The van der Waals surface area contributed by atoms with Gasteiger partial charge in [-0.05, 0) is 55.5 Å². The van der Waals surface area contributed by atoms with Gasteiger partial charge in [0.25, 0.3) is 5.91 Å². The van der Waals surface area contributed by atoms with Gasteiger partial charge in [0.2, 0.25) is 0 Å². The highest BCUT2D eigenvalue weighted by Crippen LogP contribution is 2.17. The maximum atomic E-state index is 12.1. The number of carbonyl (C=O) groups excluding carboxylic acids is 1. The quantitative estimate of drug-likeness (QED) is 0.623. The predicted molar refractivity (Wildman–Crippen MR) is 108 cm³/mol. The fourth-order valence-corrected chi connectivity index (χ4v) is 3.16. The number of piperidine rings is 1. The van der Waals surface area contributed by atoms with Crippen LogP contribution in [0.1, 0.15) is 42.8 Å². The number of benzene rings is 1. The van der Waals surface area contributed by atoms with E-state index in [1.807, 2.05) is 24.3 Å². The molecular formula is C21H28N4O2. The number of nitrogens with one attached hydrogen (secondary N) is 2. The number of aliphatic imine (C=N–C) groups is 1. The van der Waals surface area contributed by atoms with E-state index in [1.165, 1.54) is 19.1 Å². The summed E-state index contributed by atoms with van der Waals surface area (Å²) >= 11 is 0. The predicted octanol–water partition coefficient (Wildman–Crippen LogP) is 3.73. The fraction of sp³-hybridized carbons (Fsp3) is 0.429. The van der Waals surface area contributed by atoms with Gasteiger partial charge in [-0.3, -0.25) is 4.79 Å². The van der Waals surface area contributed by atoms with E-state index in [-0.39, 0.29) is 5.91 Å². The molecule has 0 unspecified atom stereocenters. The normalized spacial score (nSPS) is 15.6. The summed E-state index contributed by atoms with van der Waals surface area (Å²) in [6, 6.07) is 11.1. The molecule has 1 aromatic heterocycles. The van der Waals surface area contributed by atoms with Crippen molar-refractivity contribution < 1.29 is 9.21 Å². The molecule has 6 heteroatoms. The first-order valence-electron chi connectivity index (χ1n) is 9.62. The first kappa shape index (κ1) is 19.0. The Hall–Kier alpha value is -2.76. The van der Waals surface area contributed by atoms with Crippen molar-refractivity contribution in [2.45, 2.75) is 33.2 Å². The number of anilines is 1. The molecule has 2 heterocycles. The molecule has 144 valence electrons. The first-order valence-corrected chi connectivity index (χ1v) is 9.62. The van der Waals surface area contributed by atoms with E-state index in [0.717, 1.165) is 42.8 Å². The number of nitrogens with zero attached hydrogens (tertiary/aromatic N) is 2. The SMILES string of the molecule is CCNC(=NCc1cccc(NC(=O)c2ccco2)c1)N1CCC(C)CC1. The first-order chi connectivity index (χ1) is 13.2. The number of amides is 1. The third-order valence-corrected chi connectivity index (χ3v) is 4.76. The number of hydrogen-bond acceptors (Lipinski definition) is 3. The van der Waals surface area contributed by atoms with Gasteiger partial charge in [0, 0.05) is 25.3 Å². The summed E-state index contributed by atoms with van der Waals surface area (Å²) in [6.07, 6.45) is 3.90. The second kappa shape index (κ2) is 9.26. The van der Waals surface area contributed by atoms with Gasteiger partial charge in [-0.15, -0.1) is 0 Å². The minimum atomic E-state index is -0.253. The molecule has 1 fully saturated rings. The molecule has 6 nitrogen and oxygen atoms in total. The third-order valence-electron chi connectivity index (χ3n) is 4.76. The van der Waals surface area contributed by atoms with Crippen LogP contribution >= 0.6 is 0 Å². The zero-order valence-electron chi connectivity index (χ0n) is 16.1. The number of furan rings is 1. The molecule has 2 aromatic rings. The highest BCUT2D eigenvalue weighted by Gasteiger charge is 2.18. The lowest BCUT2D eigenvalue weighted by molar-refractivity contribution is 0.0996. The Morgan fingerprint density at radius 1 is 1.26 bits per heavy atom. The van der Waals surface area contributed by atoms with Gasteiger partial charge in [-0.2, -0.15) is 0 Å². The minimum absolute atomic E-state index is 0.253. The average Bonchev–Trinajstić information content (AvgIpc) is 3.21. The van der Waals surface area contributed by atoms with Crippen molar-refractivity contribution in [1.29, 1.82) is 0 Å². The lowest BCUT2D eigenvalue weighted by atomic mass is 10.00. The monoisotopic (exact) mass is 368 g/mol. The number of carbonyl (C=O) groups is 1. The third kappa shape index (κ3) is 5.36. The van der Waals surface area contributed by atoms with Crippen LogP contribution in [0.4, 0.5) is 5.69 Å². The molecule has 2 N–H and O–H groups in total. The van der Waals surface area contributed by atoms with E-state index in [0.29, 0.717) is 12.3 Å². The van der Waals surface area contributed by atoms with Crippen molar-refractivity contribution in [2.24, 2.45) is 10.9 Å². The molecule has 3 rings (SSSR count). The molecule has 1 aromatic carbocycles. The standard InChI is InChI=1S/C21H28N4O2/c1-3-22-21(25-11-9-16(2)10-12-25)23-15-17-6-4-7-18(14-17)24-20(26)19-8-5-13-27-19/h4-8,13-14,16H,3,9-12,15H2,1-2H3,(H,22,23)(H,24,26). The van der Waals surface area contributed by atoms with Crippen LogP contribution < -0.4 is 10.6 Å². The van der Waals surface area contributed by atoms with Gasteiger partial charge >= 0.3 is 0 Å². The Morgan fingerprint density at radius 2 is 2.07 bits per heavy atom. The van der Waals surface area contributed by atoms with Gasteiger partial charge in [0.05, 0.1) is 12.8 Å². The summed E-state index contributed by atoms with van der Waals surface area (Å²) in [5.74, 6) is 1.80. The largest absolute Gasteiger partial charge is 0.459 e. The van der Waals surface area contributed by atoms with E-state index in [4.69, 9.17) is 9.41 Å². The Labute approximate surface area is 160 Å². The van der Waals surface area contributed by atoms with Crippen LogP contribution in [-0.2, 0) is 6.54 Å². The molecule has 1 amide bonds. The molecule has 0 bridgehead atoms. The summed E-state index contributed by atoms with van der Waals surface area (Å²) in [5, 5.41) is 6.26. The number of likely N-dealkylation sites (tertiary alicyclic amines) is 1. The molecule has 27 heavy (non-hydrogen) atoms. The summed E-state index contributed by atoms with van der Waals surface area (Å²) < 4.78 is 5.13. The van der Waals surface area contributed by atoms with E-state index >= 15 is 0 Å². The smallest absolute Gasteiger partial charge is 0.291 e. The van der Waals surface area contributed by atoms with E-state index in [9.17, 15) is 4.79 Å². The second-order valence-electron chi connectivity index (χ2n) is 6.97. The molecular weight excluding hydrogens is 340 g/mol. The topological polar surface area (TPSA) is 69.9 Å². The summed E-state index contributed by atoms with van der Waals surface area (Å²) in [7, 11) is 0. The van der Waals surface area contributed by atoms with Gasteiger partial charge in [-0.1, -0.05) is 19.1 Å². The van der Waals surface area contributed by atoms with E-state index in [2.05, 4.69) is 29.4 Å². The van der Waals surface area contributed by atoms with Crippen LogP contribution in [-0.4, -0.2) is 36.4 Å². The average molecular weight is 368 g/mol. The van der Waals surface area contributed by atoms with Gasteiger partial charge in [0.15, 0.2) is 11.7 Å². The Kier molecular flexibility index (Phi) is 6.52. The summed E-state index contributed by atoms with van der Waals surface area (Å²) in [4.78, 5) is 19.3. The molecule has 0 saturated carbocycles. The Balaban J connectivity index is 1.65. The maximum absolute atomic E-state index is 12.1. The highest BCUT2D eigenvalue weighted by atomic mass is 16.3. The van der Waals surface area contributed by atoms with E-state index < -0.39 is 0 Å². The van der Waals surface area contributed by atoms with E-state index in [1.54, 1.807) is 12.1 Å². The highest BCUT2D eigenvalue weighted by molar-refractivity contribution is 6.02. The van der Waals surface area contributed by atoms with Crippen LogP contribution in [0.15, 0.2) is 52.1 Å². The molecule has 0 atom stereocenters. The number of guanidine groups is 1. The van der Waals surface area contributed by atoms with Crippen molar-refractivity contribution in [3.63, 3.8) is 0 Å². The van der Waals surface area contributed by atoms with Gasteiger partial charge in [0.1, 0.15) is 0 Å². The zero-order chi connectivity index (χ0) is 19.1. The lowest BCUT2D eigenvalue weighted by Crippen LogP contribution is -2.45. The van der Waals surface area contributed by atoms with Crippen molar-refractivity contribution in [3.05, 3.63) is 54.0 Å². The number of hydrogen-bond donors (Lipinski definition) is 2. The van der Waals surface area contributed by atoms with Crippen molar-refractivity contribution in [3.8, 4) is 0 Å². The van der Waals surface area contributed by atoms with Crippen LogP contribution in [0.3, 0.4) is 0 Å². The summed E-state index contributed by atoms with van der Waals surface area (Å²) in [5.41, 5.74) is 1.79. The van der Waals surface area contributed by atoms with Crippen molar-refractivity contribution in [2.75, 3.05) is 25.0 Å². The van der Waals surface area contributed by atoms with Crippen LogP contribution in [0, 0.1) is 5.92 Å². The fourth-order valence-electron chi connectivity index (χ4n) is 3.16. The van der Waals surface area contributed by atoms with Crippen molar-refractivity contribution in [1.82, 2.24) is 10.2 Å². The number of rotatable bonds is 5.